The van der Waals surface area contributed by atoms with Crippen LogP contribution in [-0.2, 0) is 11.2 Å². The monoisotopic (exact) mass is 423 g/mol. The Balaban J connectivity index is 1.56. The van der Waals surface area contributed by atoms with E-state index in [9.17, 15) is 18.0 Å². The first-order valence-electron chi connectivity index (χ1n) is 8.36. The summed E-state index contributed by atoms with van der Waals surface area (Å²) in [5, 5.41) is 7.87. The number of thiazole rings is 1. The zero-order valence-corrected chi connectivity index (χ0v) is 16.2. The lowest BCUT2D eigenvalue weighted by Crippen LogP contribution is -2.17. The Bertz CT molecular complexity index is 985. The molecule has 2 N–H and O–H groups in total. The standard InChI is InChI=1S/C18H16F3N5O2S/c1-10-7-11(2)23-16(22-10)26-17-25-13(9-29-17)8-15(27)24-12-3-5-14(6-4-12)28-18(19,20)21/h3-7,9H,8H2,1-2H3,(H,24,27)(H,22,23,25,26). The number of amides is 1. The largest absolute Gasteiger partial charge is 0.573 e. The summed E-state index contributed by atoms with van der Waals surface area (Å²) in [4.78, 5) is 25.0. The summed E-state index contributed by atoms with van der Waals surface area (Å²) in [6.07, 6.45) is -4.75. The molecule has 0 unspecified atom stereocenters. The van der Waals surface area contributed by atoms with Gasteiger partial charge in [0.25, 0.3) is 0 Å². The van der Waals surface area contributed by atoms with Crippen molar-refractivity contribution in [2.75, 3.05) is 10.6 Å². The van der Waals surface area contributed by atoms with E-state index in [0.29, 0.717) is 22.5 Å². The molecule has 29 heavy (non-hydrogen) atoms. The number of hydrogen-bond donors (Lipinski definition) is 2. The molecule has 0 aliphatic carbocycles. The quantitative estimate of drug-likeness (QED) is 0.612. The van der Waals surface area contributed by atoms with Crippen molar-refractivity contribution in [3.63, 3.8) is 0 Å². The van der Waals surface area contributed by atoms with Gasteiger partial charge in [-0.3, -0.25) is 4.79 Å². The molecule has 0 saturated heterocycles. The van der Waals surface area contributed by atoms with Crippen LogP contribution in [0.1, 0.15) is 17.1 Å². The second kappa shape index (κ2) is 8.43. The third-order valence-corrected chi connectivity index (χ3v) is 4.27. The number of nitrogens with one attached hydrogen (secondary N) is 2. The minimum atomic E-state index is -4.76. The first-order chi connectivity index (χ1) is 13.7. The Labute approximate surface area is 168 Å². The molecular weight excluding hydrogens is 407 g/mol. The van der Waals surface area contributed by atoms with Gasteiger partial charge in [-0.05, 0) is 44.2 Å². The second-order valence-electron chi connectivity index (χ2n) is 6.04. The number of hydrogen-bond acceptors (Lipinski definition) is 7. The van der Waals surface area contributed by atoms with Crippen LogP contribution in [0.3, 0.4) is 0 Å². The molecule has 152 valence electrons. The van der Waals surface area contributed by atoms with Crippen LogP contribution in [-0.4, -0.2) is 27.2 Å². The van der Waals surface area contributed by atoms with Gasteiger partial charge in [0, 0.05) is 22.5 Å². The summed E-state index contributed by atoms with van der Waals surface area (Å²) < 4.78 is 40.3. The average molecular weight is 423 g/mol. The first kappa shape index (κ1) is 20.5. The van der Waals surface area contributed by atoms with E-state index in [-0.39, 0.29) is 18.1 Å². The van der Waals surface area contributed by atoms with Gasteiger partial charge in [-0.15, -0.1) is 24.5 Å². The molecule has 0 aliphatic heterocycles. The summed E-state index contributed by atoms with van der Waals surface area (Å²) in [5.41, 5.74) is 2.53. The number of aromatic nitrogens is 3. The summed E-state index contributed by atoms with van der Waals surface area (Å²) in [7, 11) is 0. The van der Waals surface area contributed by atoms with Crippen molar-refractivity contribution < 1.29 is 22.7 Å². The Kier molecular flexibility index (Phi) is 5.97. The van der Waals surface area contributed by atoms with Gasteiger partial charge in [0.2, 0.25) is 11.9 Å². The van der Waals surface area contributed by atoms with E-state index >= 15 is 0 Å². The zero-order valence-electron chi connectivity index (χ0n) is 15.4. The average Bonchev–Trinajstić information content (AvgIpc) is 3.01. The highest BCUT2D eigenvalue weighted by atomic mass is 32.1. The summed E-state index contributed by atoms with van der Waals surface area (Å²) >= 11 is 1.31. The van der Waals surface area contributed by atoms with Crippen LogP contribution in [0.5, 0.6) is 5.75 Å². The van der Waals surface area contributed by atoms with Crippen LogP contribution in [0, 0.1) is 13.8 Å². The van der Waals surface area contributed by atoms with Crippen molar-refractivity contribution in [3.8, 4) is 5.75 Å². The highest BCUT2D eigenvalue weighted by Gasteiger charge is 2.30. The predicted molar refractivity (Wildman–Crippen MR) is 102 cm³/mol. The molecule has 3 rings (SSSR count). The Morgan fingerprint density at radius 2 is 1.76 bits per heavy atom. The van der Waals surface area contributed by atoms with E-state index in [0.717, 1.165) is 23.5 Å². The fourth-order valence-electron chi connectivity index (χ4n) is 2.43. The van der Waals surface area contributed by atoms with Crippen LogP contribution < -0.4 is 15.4 Å². The number of ether oxygens (including phenoxy) is 1. The number of carbonyl (C=O) groups is 1. The van der Waals surface area contributed by atoms with Gasteiger partial charge < -0.3 is 15.4 Å². The summed E-state index contributed by atoms with van der Waals surface area (Å²) in [6.45, 7) is 3.72. The van der Waals surface area contributed by atoms with Crippen molar-refractivity contribution in [2.24, 2.45) is 0 Å². The van der Waals surface area contributed by atoms with Gasteiger partial charge in [0.05, 0.1) is 12.1 Å². The number of aryl methyl sites for hydroxylation is 2. The van der Waals surface area contributed by atoms with E-state index in [2.05, 4.69) is 30.3 Å². The maximum atomic E-state index is 12.2. The molecule has 0 radical (unpaired) electrons. The van der Waals surface area contributed by atoms with E-state index in [4.69, 9.17) is 0 Å². The molecule has 0 aliphatic rings. The van der Waals surface area contributed by atoms with E-state index in [1.54, 1.807) is 5.38 Å². The SMILES string of the molecule is Cc1cc(C)nc(Nc2nc(CC(=O)Nc3ccc(OC(F)(F)F)cc3)cs2)n1. The number of benzene rings is 1. The van der Waals surface area contributed by atoms with Crippen LogP contribution in [0.2, 0.25) is 0 Å². The molecule has 3 aromatic rings. The molecule has 0 fully saturated rings. The molecule has 0 saturated carbocycles. The third kappa shape index (κ3) is 6.42. The van der Waals surface area contributed by atoms with Gasteiger partial charge >= 0.3 is 6.36 Å². The highest BCUT2D eigenvalue weighted by molar-refractivity contribution is 7.13. The van der Waals surface area contributed by atoms with Crippen molar-refractivity contribution >= 4 is 34.0 Å². The molecule has 1 aromatic carbocycles. The maximum Gasteiger partial charge on any atom is 0.573 e. The van der Waals surface area contributed by atoms with Crippen LogP contribution in [0.4, 0.5) is 29.9 Å². The second-order valence-corrected chi connectivity index (χ2v) is 6.90. The lowest BCUT2D eigenvalue weighted by Gasteiger charge is -2.09. The fraction of sp³-hybridized carbons (Fsp3) is 0.222. The maximum absolute atomic E-state index is 12.2. The number of halogens is 3. The zero-order chi connectivity index (χ0) is 21.0. The van der Waals surface area contributed by atoms with Gasteiger partial charge in [-0.25, -0.2) is 15.0 Å². The highest BCUT2D eigenvalue weighted by Crippen LogP contribution is 2.24. The van der Waals surface area contributed by atoms with E-state index < -0.39 is 6.36 Å². The third-order valence-electron chi connectivity index (χ3n) is 3.47. The predicted octanol–water partition coefficient (Wildman–Crippen LogP) is 4.37. The van der Waals surface area contributed by atoms with Crippen molar-refractivity contribution in [2.45, 2.75) is 26.6 Å². The smallest absolute Gasteiger partial charge is 0.406 e. The van der Waals surface area contributed by atoms with E-state index in [1.165, 1.54) is 23.5 Å². The molecule has 11 heteroatoms. The lowest BCUT2D eigenvalue weighted by molar-refractivity contribution is -0.274. The van der Waals surface area contributed by atoms with Crippen LogP contribution in [0.25, 0.3) is 0 Å². The van der Waals surface area contributed by atoms with Gasteiger partial charge in [-0.2, -0.15) is 0 Å². The summed E-state index contributed by atoms with van der Waals surface area (Å²) in [6, 6.07) is 6.75. The van der Waals surface area contributed by atoms with Crippen LogP contribution >= 0.6 is 11.3 Å². The van der Waals surface area contributed by atoms with Crippen LogP contribution in [0.15, 0.2) is 35.7 Å². The topological polar surface area (TPSA) is 89.0 Å². The van der Waals surface area contributed by atoms with E-state index in [1.807, 2.05) is 19.9 Å². The van der Waals surface area contributed by atoms with Crippen molar-refractivity contribution in [3.05, 3.63) is 52.8 Å². The Morgan fingerprint density at radius 3 is 2.38 bits per heavy atom. The molecule has 0 bridgehead atoms. The van der Waals surface area contributed by atoms with Gasteiger partial charge in [-0.1, -0.05) is 0 Å². The molecular formula is C18H16F3N5O2S. The fourth-order valence-corrected chi connectivity index (χ4v) is 3.14. The Morgan fingerprint density at radius 1 is 1.10 bits per heavy atom. The minimum Gasteiger partial charge on any atom is -0.406 e. The lowest BCUT2D eigenvalue weighted by atomic mass is 10.2. The molecule has 2 aromatic heterocycles. The number of carbonyl (C=O) groups excluding carboxylic acids is 1. The molecule has 1 amide bonds. The number of nitrogens with zero attached hydrogens (tertiary/aromatic N) is 3. The van der Waals surface area contributed by atoms with Gasteiger partial charge in [0.15, 0.2) is 5.13 Å². The Hall–Kier alpha value is -3.21. The first-order valence-corrected chi connectivity index (χ1v) is 9.23. The normalized spacial score (nSPS) is 11.2. The molecule has 0 spiro atoms. The molecule has 7 nitrogen and oxygen atoms in total. The number of alkyl halides is 3. The summed E-state index contributed by atoms with van der Waals surface area (Å²) in [5.74, 6) is -0.290. The van der Waals surface area contributed by atoms with Gasteiger partial charge in [0.1, 0.15) is 5.75 Å². The number of rotatable bonds is 6. The number of anilines is 3. The molecule has 0 atom stereocenters. The minimum absolute atomic E-state index is 0.00663. The molecule has 2 heterocycles. The van der Waals surface area contributed by atoms with Crippen molar-refractivity contribution in [1.82, 2.24) is 15.0 Å². The van der Waals surface area contributed by atoms with Crippen molar-refractivity contribution in [1.29, 1.82) is 0 Å².